The summed E-state index contributed by atoms with van der Waals surface area (Å²) in [6, 6.07) is 11.1. The maximum atomic E-state index is 13.0. The minimum absolute atomic E-state index is 0.0500. The number of hydrogen-bond acceptors (Lipinski definition) is 2. The fourth-order valence-electron chi connectivity index (χ4n) is 3.77. The largest absolute Gasteiger partial charge is 0.338 e. The van der Waals surface area contributed by atoms with Crippen molar-refractivity contribution in [1.29, 1.82) is 0 Å². The predicted molar refractivity (Wildman–Crippen MR) is 113 cm³/mol. The normalized spacial score (nSPS) is 17.3. The zero-order chi connectivity index (χ0) is 19.6. The summed E-state index contributed by atoms with van der Waals surface area (Å²) in [6.45, 7) is 13.4. The number of hydrogen-bond donors (Lipinski definition) is 1. The molecule has 0 saturated carbocycles. The summed E-state index contributed by atoms with van der Waals surface area (Å²) in [6.07, 6.45) is 0.972. The molecule has 0 saturated heterocycles. The minimum atomic E-state index is 0.0500. The van der Waals surface area contributed by atoms with Crippen LogP contribution in [-0.2, 0) is 16.6 Å². The van der Waals surface area contributed by atoms with E-state index in [2.05, 4.69) is 80.5 Å². The van der Waals surface area contributed by atoms with Gasteiger partial charge in [0.1, 0.15) is 0 Å². The van der Waals surface area contributed by atoms with Crippen molar-refractivity contribution in [2.24, 2.45) is 5.92 Å². The molecule has 1 amide bonds. The van der Waals surface area contributed by atoms with E-state index in [1.807, 2.05) is 11.3 Å². The van der Waals surface area contributed by atoms with E-state index in [1.54, 1.807) is 0 Å². The van der Waals surface area contributed by atoms with E-state index in [4.69, 9.17) is 0 Å². The van der Waals surface area contributed by atoms with Crippen molar-refractivity contribution in [2.75, 3.05) is 19.6 Å². The lowest BCUT2D eigenvalue weighted by molar-refractivity contribution is -0.649. The Morgan fingerprint density at radius 1 is 1.22 bits per heavy atom. The van der Waals surface area contributed by atoms with Crippen LogP contribution in [0.15, 0.2) is 35.7 Å². The Bertz CT molecular complexity index is 770. The van der Waals surface area contributed by atoms with Gasteiger partial charge in [-0.3, -0.25) is 4.79 Å². The first-order chi connectivity index (χ1) is 12.8. The number of nitrogens with zero attached hydrogens (tertiary/aromatic N) is 1. The molecule has 4 heteroatoms. The molecule has 0 unspecified atom stereocenters. The molecule has 2 heterocycles. The van der Waals surface area contributed by atoms with Crippen LogP contribution in [0.2, 0.25) is 0 Å². The molecule has 0 radical (unpaired) electrons. The van der Waals surface area contributed by atoms with Crippen molar-refractivity contribution in [2.45, 2.75) is 52.5 Å². The van der Waals surface area contributed by atoms with Crippen molar-refractivity contribution < 1.29 is 10.1 Å². The SMILES string of the molecule is CC(C)C[NH2+]CC(=O)N1CCc2sccc2[C@@H]1c1ccc(C(C)(C)C)cc1. The molecule has 2 N–H and O–H groups in total. The van der Waals surface area contributed by atoms with Gasteiger partial charge in [0.2, 0.25) is 0 Å². The van der Waals surface area contributed by atoms with Crippen LogP contribution in [0.1, 0.15) is 62.2 Å². The van der Waals surface area contributed by atoms with Gasteiger partial charge in [-0.2, -0.15) is 0 Å². The molecule has 0 aliphatic carbocycles. The van der Waals surface area contributed by atoms with Crippen molar-refractivity contribution in [3.63, 3.8) is 0 Å². The number of fused-ring (bicyclic) bond motifs is 1. The van der Waals surface area contributed by atoms with Gasteiger partial charge in [-0.05, 0) is 40.0 Å². The Morgan fingerprint density at radius 3 is 2.56 bits per heavy atom. The zero-order valence-electron chi connectivity index (χ0n) is 17.3. The molecule has 1 aromatic carbocycles. The van der Waals surface area contributed by atoms with Gasteiger partial charge in [-0.15, -0.1) is 11.3 Å². The summed E-state index contributed by atoms with van der Waals surface area (Å²) in [5.41, 5.74) is 4.00. The van der Waals surface area contributed by atoms with E-state index in [9.17, 15) is 4.79 Å². The van der Waals surface area contributed by atoms with Gasteiger partial charge < -0.3 is 10.2 Å². The van der Waals surface area contributed by atoms with E-state index in [0.717, 1.165) is 19.5 Å². The Balaban J connectivity index is 1.87. The first-order valence-electron chi connectivity index (χ1n) is 10.0. The summed E-state index contributed by atoms with van der Waals surface area (Å²) in [5, 5.41) is 4.32. The monoisotopic (exact) mass is 385 g/mol. The van der Waals surface area contributed by atoms with Crippen molar-refractivity contribution in [3.05, 3.63) is 57.3 Å². The number of carbonyl (C=O) groups is 1. The number of nitrogens with two attached hydrogens (primary N) is 1. The van der Waals surface area contributed by atoms with Crippen LogP contribution in [0.4, 0.5) is 0 Å². The van der Waals surface area contributed by atoms with Gasteiger partial charge in [0.25, 0.3) is 5.91 Å². The quantitative estimate of drug-likeness (QED) is 0.836. The maximum absolute atomic E-state index is 13.0. The molecule has 3 nitrogen and oxygen atoms in total. The third-order valence-corrected chi connectivity index (χ3v) is 6.33. The van der Waals surface area contributed by atoms with Crippen LogP contribution < -0.4 is 5.32 Å². The second-order valence-electron chi connectivity index (χ2n) is 9.03. The first-order valence-corrected chi connectivity index (χ1v) is 10.9. The molecule has 3 rings (SSSR count). The van der Waals surface area contributed by atoms with Gasteiger partial charge in [-0.1, -0.05) is 58.9 Å². The molecule has 1 aliphatic rings. The van der Waals surface area contributed by atoms with Crippen LogP contribution >= 0.6 is 11.3 Å². The summed E-state index contributed by atoms with van der Waals surface area (Å²) in [4.78, 5) is 16.5. The molecule has 0 spiro atoms. The van der Waals surface area contributed by atoms with Gasteiger partial charge in [0.15, 0.2) is 6.54 Å². The third-order valence-electron chi connectivity index (χ3n) is 5.34. The fourth-order valence-corrected chi connectivity index (χ4v) is 4.67. The second kappa shape index (κ2) is 8.15. The molecule has 0 fully saturated rings. The molecule has 1 aliphatic heterocycles. The van der Waals surface area contributed by atoms with E-state index in [-0.39, 0.29) is 17.4 Å². The number of benzene rings is 1. The van der Waals surface area contributed by atoms with Crippen molar-refractivity contribution >= 4 is 17.2 Å². The lowest BCUT2D eigenvalue weighted by Crippen LogP contribution is -2.87. The highest BCUT2D eigenvalue weighted by Gasteiger charge is 2.33. The van der Waals surface area contributed by atoms with E-state index < -0.39 is 0 Å². The molecule has 1 aromatic heterocycles. The topological polar surface area (TPSA) is 36.9 Å². The molecule has 1 atom stereocenters. The standard InChI is InChI=1S/C23H32N2OS/c1-16(2)14-24-15-21(26)25-12-10-20-19(11-13-27-20)22(25)17-6-8-18(9-7-17)23(3,4)5/h6-9,11,13,16,22,24H,10,12,14-15H2,1-5H3/p+1/t22-/m0/s1. The minimum Gasteiger partial charge on any atom is -0.338 e. The van der Waals surface area contributed by atoms with Crippen LogP contribution in [0.3, 0.4) is 0 Å². The lowest BCUT2D eigenvalue weighted by atomic mass is 9.85. The highest BCUT2D eigenvalue weighted by atomic mass is 32.1. The Morgan fingerprint density at radius 2 is 1.93 bits per heavy atom. The Labute approximate surface area is 167 Å². The number of thiophene rings is 1. The number of quaternary nitrogens is 1. The van der Waals surface area contributed by atoms with Crippen molar-refractivity contribution in [1.82, 2.24) is 4.90 Å². The van der Waals surface area contributed by atoms with E-state index in [0.29, 0.717) is 12.5 Å². The number of amides is 1. The molecular formula is C23H33N2OS+. The van der Waals surface area contributed by atoms with Crippen LogP contribution in [0.5, 0.6) is 0 Å². The Kier molecular flexibility index (Phi) is 6.07. The third kappa shape index (κ3) is 4.61. The average molecular weight is 386 g/mol. The Hall–Kier alpha value is -1.65. The van der Waals surface area contributed by atoms with Crippen LogP contribution in [-0.4, -0.2) is 30.4 Å². The highest BCUT2D eigenvalue weighted by molar-refractivity contribution is 7.10. The first kappa shape index (κ1) is 20.1. The summed E-state index contributed by atoms with van der Waals surface area (Å²) < 4.78 is 0. The lowest BCUT2D eigenvalue weighted by Gasteiger charge is -2.36. The number of rotatable bonds is 5. The van der Waals surface area contributed by atoms with E-state index >= 15 is 0 Å². The smallest absolute Gasteiger partial charge is 0.278 e. The summed E-state index contributed by atoms with van der Waals surface area (Å²) in [7, 11) is 0. The highest BCUT2D eigenvalue weighted by Crippen LogP contribution is 2.38. The average Bonchev–Trinajstić information content (AvgIpc) is 3.08. The molecular weight excluding hydrogens is 352 g/mol. The maximum Gasteiger partial charge on any atom is 0.278 e. The van der Waals surface area contributed by atoms with Gasteiger partial charge in [-0.25, -0.2) is 0 Å². The van der Waals surface area contributed by atoms with E-state index in [1.165, 1.54) is 21.6 Å². The number of carbonyl (C=O) groups excluding carboxylic acids is 1. The summed E-state index contributed by atoms with van der Waals surface area (Å²) in [5.74, 6) is 0.848. The fraction of sp³-hybridized carbons (Fsp3) is 0.522. The zero-order valence-corrected chi connectivity index (χ0v) is 18.1. The van der Waals surface area contributed by atoms with Gasteiger partial charge >= 0.3 is 0 Å². The molecule has 146 valence electrons. The van der Waals surface area contributed by atoms with Gasteiger partial charge in [0.05, 0.1) is 12.6 Å². The van der Waals surface area contributed by atoms with Crippen LogP contribution in [0, 0.1) is 5.92 Å². The predicted octanol–water partition coefficient (Wildman–Crippen LogP) is 3.74. The van der Waals surface area contributed by atoms with Gasteiger partial charge in [0, 0.05) is 17.3 Å². The molecule has 0 bridgehead atoms. The van der Waals surface area contributed by atoms with Crippen LogP contribution in [0.25, 0.3) is 0 Å². The molecule has 27 heavy (non-hydrogen) atoms. The summed E-state index contributed by atoms with van der Waals surface area (Å²) >= 11 is 1.82. The second-order valence-corrected chi connectivity index (χ2v) is 10.0. The van der Waals surface area contributed by atoms with Crippen molar-refractivity contribution in [3.8, 4) is 0 Å². The molecule has 2 aromatic rings.